The van der Waals surface area contributed by atoms with E-state index in [0.29, 0.717) is 6.04 Å². The van der Waals surface area contributed by atoms with Crippen LogP contribution in [0.5, 0.6) is 0 Å². The van der Waals surface area contributed by atoms with Gasteiger partial charge in [0.25, 0.3) is 0 Å². The maximum absolute atomic E-state index is 5.31. The van der Waals surface area contributed by atoms with Gasteiger partial charge in [0, 0.05) is 30.4 Å². The third kappa shape index (κ3) is 2.13. The van der Waals surface area contributed by atoms with Crippen molar-refractivity contribution < 1.29 is 4.42 Å². The van der Waals surface area contributed by atoms with Gasteiger partial charge in [0.2, 0.25) is 5.88 Å². The van der Waals surface area contributed by atoms with Crippen LogP contribution in [-0.2, 0) is 6.54 Å². The number of nitrogens with zero attached hydrogens (tertiary/aromatic N) is 3. The minimum absolute atomic E-state index is 0.696. The highest BCUT2D eigenvalue weighted by Crippen LogP contribution is 2.19. The van der Waals surface area contributed by atoms with Gasteiger partial charge in [0.15, 0.2) is 0 Å². The normalized spacial score (nSPS) is 21.1. The summed E-state index contributed by atoms with van der Waals surface area (Å²) in [7, 11) is 0. The van der Waals surface area contributed by atoms with Crippen LogP contribution in [0.1, 0.15) is 25.3 Å². The molecule has 1 aliphatic heterocycles. The third-order valence-electron chi connectivity index (χ3n) is 3.44. The molecule has 1 aliphatic rings. The van der Waals surface area contributed by atoms with Crippen molar-refractivity contribution in [2.75, 3.05) is 6.54 Å². The Morgan fingerprint density at radius 1 is 1.53 bits per heavy atom. The van der Waals surface area contributed by atoms with Gasteiger partial charge in [0.1, 0.15) is 0 Å². The van der Waals surface area contributed by atoms with E-state index < -0.39 is 0 Å². The summed E-state index contributed by atoms with van der Waals surface area (Å²) >= 11 is 0. The van der Waals surface area contributed by atoms with E-state index in [4.69, 9.17) is 4.42 Å². The molecule has 3 heterocycles. The van der Waals surface area contributed by atoms with Gasteiger partial charge in [0.05, 0.1) is 12.5 Å². The third-order valence-corrected chi connectivity index (χ3v) is 3.44. The number of hydrogen-bond donors (Lipinski definition) is 0. The number of likely N-dealkylation sites (tertiary alicyclic amines) is 1. The Labute approximate surface area is 101 Å². The van der Waals surface area contributed by atoms with Gasteiger partial charge in [-0.1, -0.05) is 0 Å². The highest BCUT2D eigenvalue weighted by atomic mass is 16.3. The average Bonchev–Trinajstić information content (AvgIpc) is 3.02. The quantitative estimate of drug-likeness (QED) is 0.813. The lowest BCUT2D eigenvalue weighted by Crippen LogP contribution is -2.25. The Balaban J connectivity index is 1.72. The molecule has 17 heavy (non-hydrogen) atoms. The van der Waals surface area contributed by atoms with E-state index in [1.165, 1.54) is 24.9 Å². The van der Waals surface area contributed by atoms with Crippen molar-refractivity contribution in [3.8, 4) is 5.88 Å². The van der Waals surface area contributed by atoms with Crippen LogP contribution in [0.25, 0.3) is 5.88 Å². The molecule has 0 radical (unpaired) electrons. The zero-order valence-corrected chi connectivity index (χ0v) is 10.0. The minimum atomic E-state index is 0.696. The molecule has 0 spiro atoms. The molecule has 0 bridgehead atoms. The van der Waals surface area contributed by atoms with Crippen LogP contribution in [0.4, 0.5) is 0 Å². The van der Waals surface area contributed by atoms with Crippen molar-refractivity contribution in [2.45, 2.75) is 32.4 Å². The molecule has 1 atom stereocenters. The maximum atomic E-state index is 5.31. The summed E-state index contributed by atoms with van der Waals surface area (Å²) in [5.74, 6) is 0.769. The molecule has 2 aromatic heterocycles. The van der Waals surface area contributed by atoms with Crippen molar-refractivity contribution in [2.24, 2.45) is 0 Å². The van der Waals surface area contributed by atoms with E-state index in [9.17, 15) is 0 Å². The van der Waals surface area contributed by atoms with E-state index in [2.05, 4.69) is 16.9 Å². The van der Waals surface area contributed by atoms with E-state index in [1.54, 1.807) is 10.9 Å². The molecule has 1 fully saturated rings. The summed E-state index contributed by atoms with van der Waals surface area (Å²) in [5, 5.41) is 4.32. The molecular weight excluding hydrogens is 214 g/mol. The summed E-state index contributed by atoms with van der Waals surface area (Å²) in [6.45, 7) is 4.49. The van der Waals surface area contributed by atoms with E-state index >= 15 is 0 Å². The van der Waals surface area contributed by atoms with Crippen LogP contribution in [0.3, 0.4) is 0 Å². The predicted molar refractivity (Wildman–Crippen MR) is 64.9 cm³/mol. The summed E-state index contributed by atoms with van der Waals surface area (Å²) in [4.78, 5) is 2.50. The van der Waals surface area contributed by atoms with Crippen LogP contribution < -0.4 is 0 Å². The summed E-state index contributed by atoms with van der Waals surface area (Å²) in [6, 6.07) is 4.48. The van der Waals surface area contributed by atoms with Crippen molar-refractivity contribution in [3.05, 3.63) is 36.4 Å². The number of furan rings is 1. The second kappa shape index (κ2) is 4.37. The van der Waals surface area contributed by atoms with Gasteiger partial charge in [-0.2, -0.15) is 5.10 Å². The van der Waals surface area contributed by atoms with Crippen LogP contribution in [-0.4, -0.2) is 27.3 Å². The van der Waals surface area contributed by atoms with Crippen LogP contribution in [0.15, 0.2) is 35.2 Å². The molecule has 1 unspecified atom stereocenters. The van der Waals surface area contributed by atoms with Gasteiger partial charge in [-0.3, -0.25) is 4.90 Å². The smallest absolute Gasteiger partial charge is 0.219 e. The summed E-state index contributed by atoms with van der Waals surface area (Å²) < 4.78 is 7.10. The molecule has 4 heteroatoms. The zero-order valence-electron chi connectivity index (χ0n) is 10.0. The van der Waals surface area contributed by atoms with E-state index in [-0.39, 0.29) is 0 Å². The monoisotopic (exact) mass is 231 g/mol. The highest BCUT2D eigenvalue weighted by Gasteiger charge is 2.20. The number of aromatic nitrogens is 2. The fraction of sp³-hybridized carbons (Fsp3) is 0.462. The Kier molecular flexibility index (Phi) is 2.73. The van der Waals surface area contributed by atoms with Crippen LogP contribution >= 0.6 is 0 Å². The SMILES string of the molecule is CC1CCCN1Cc1cnn(-c2ccco2)c1. The van der Waals surface area contributed by atoms with Gasteiger partial charge >= 0.3 is 0 Å². The molecule has 4 nitrogen and oxygen atoms in total. The highest BCUT2D eigenvalue weighted by molar-refractivity contribution is 5.19. The Morgan fingerprint density at radius 2 is 2.47 bits per heavy atom. The first-order chi connectivity index (χ1) is 8.33. The first-order valence-corrected chi connectivity index (χ1v) is 6.14. The molecule has 0 N–H and O–H groups in total. The van der Waals surface area contributed by atoms with E-state index in [0.717, 1.165) is 12.4 Å². The maximum Gasteiger partial charge on any atom is 0.219 e. The van der Waals surface area contributed by atoms with E-state index in [1.807, 2.05) is 24.5 Å². The Morgan fingerprint density at radius 3 is 3.18 bits per heavy atom. The van der Waals surface area contributed by atoms with Crippen molar-refractivity contribution >= 4 is 0 Å². The first-order valence-electron chi connectivity index (χ1n) is 6.14. The summed E-state index contributed by atoms with van der Waals surface area (Å²) in [6.07, 6.45) is 8.26. The fourth-order valence-corrected chi connectivity index (χ4v) is 2.42. The summed E-state index contributed by atoms with van der Waals surface area (Å²) in [5.41, 5.74) is 1.25. The van der Waals surface area contributed by atoms with Crippen molar-refractivity contribution in [3.63, 3.8) is 0 Å². The predicted octanol–water partition coefficient (Wildman–Crippen LogP) is 2.45. The fourth-order valence-electron chi connectivity index (χ4n) is 2.42. The molecule has 1 saturated heterocycles. The standard InChI is InChI=1S/C13H17N3O/c1-11-4-2-6-15(11)9-12-8-14-16(10-12)13-5-3-7-17-13/h3,5,7-8,10-11H,2,4,6,9H2,1H3. The molecule has 3 rings (SSSR count). The zero-order chi connectivity index (χ0) is 11.7. The average molecular weight is 231 g/mol. The molecular formula is C13H17N3O. The molecule has 0 aliphatic carbocycles. The lowest BCUT2D eigenvalue weighted by Gasteiger charge is -2.19. The molecule has 0 aromatic carbocycles. The van der Waals surface area contributed by atoms with Gasteiger partial charge < -0.3 is 4.42 Å². The second-order valence-corrected chi connectivity index (χ2v) is 4.71. The lowest BCUT2D eigenvalue weighted by atomic mass is 10.2. The Bertz CT molecular complexity index is 475. The Hall–Kier alpha value is -1.55. The van der Waals surface area contributed by atoms with Crippen LogP contribution in [0, 0.1) is 0 Å². The molecule has 0 saturated carbocycles. The number of rotatable bonds is 3. The number of hydrogen-bond acceptors (Lipinski definition) is 3. The van der Waals surface area contributed by atoms with Gasteiger partial charge in [-0.15, -0.1) is 0 Å². The largest absolute Gasteiger partial charge is 0.447 e. The topological polar surface area (TPSA) is 34.2 Å². The minimum Gasteiger partial charge on any atom is -0.447 e. The van der Waals surface area contributed by atoms with Crippen LogP contribution in [0.2, 0.25) is 0 Å². The van der Waals surface area contributed by atoms with Gasteiger partial charge in [-0.25, -0.2) is 4.68 Å². The lowest BCUT2D eigenvalue weighted by molar-refractivity contribution is 0.260. The second-order valence-electron chi connectivity index (χ2n) is 4.71. The first kappa shape index (κ1) is 10.6. The molecule has 2 aromatic rings. The molecule has 0 amide bonds. The molecule has 90 valence electrons. The van der Waals surface area contributed by atoms with Crippen molar-refractivity contribution in [1.29, 1.82) is 0 Å². The van der Waals surface area contributed by atoms with Gasteiger partial charge in [-0.05, 0) is 32.4 Å². The van der Waals surface area contributed by atoms with Crippen molar-refractivity contribution in [1.82, 2.24) is 14.7 Å².